The topological polar surface area (TPSA) is 116 Å². The summed E-state index contributed by atoms with van der Waals surface area (Å²) in [6.45, 7) is 1.33. The highest BCUT2D eigenvalue weighted by atomic mass is 16.6. The summed E-state index contributed by atoms with van der Waals surface area (Å²) in [7, 11) is 3.35. The van der Waals surface area contributed by atoms with Gasteiger partial charge in [0.05, 0.1) is 16.2 Å². The first-order valence-electron chi connectivity index (χ1n) is 5.70. The van der Waals surface area contributed by atoms with E-state index in [0.717, 1.165) is 6.07 Å². The Kier molecular flexibility index (Phi) is 4.63. The Labute approximate surface area is 115 Å². The fourth-order valence-electron chi connectivity index (χ4n) is 1.47. The lowest BCUT2D eigenvalue weighted by atomic mass is 10.1. The number of ether oxygens (including phenoxy) is 1. The molecule has 0 saturated heterocycles. The van der Waals surface area contributed by atoms with Crippen molar-refractivity contribution < 1.29 is 19.2 Å². The number of nitro groups is 1. The molecule has 0 aliphatic rings. The Morgan fingerprint density at radius 3 is 2.45 bits per heavy atom. The van der Waals surface area contributed by atoms with Gasteiger partial charge in [0.1, 0.15) is 0 Å². The Bertz CT molecular complexity index is 556. The monoisotopic (exact) mass is 281 g/mol. The van der Waals surface area contributed by atoms with Crippen LogP contribution in [0.5, 0.6) is 0 Å². The van der Waals surface area contributed by atoms with Gasteiger partial charge in [-0.15, -0.1) is 0 Å². The summed E-state index contributed by atoms with van der Waals surface area (Å²) < 4.78 is 4.86. The second-order valence-electron chi connectivity index (χ2n) is 4.30. The summed E-state index contributed by atoms with van der Waals surface area (Å²) in [6, 6.07) is 3.82. The SMILES string of the molecule is C[C@H](OC(=O)c1cc([N+](=O)[O-])ccc1N(C)C)C(N)=O. The molecular weight excluding hydrogens is 266 g/mol. The summed E-state index contributed by atoms with van der Waals surface area (Å²) in [5.41, 5.74) is 5.20. The second-order valence-corrected chi connectivity index (χ2v) is 4.30. The first-order valence-corrected chi connectivity index (χ1v) is 5.70. The van der Waals surface area contributed by atoms with Crippen molar-refractivity contribution in [3.05, 3.63) is 33.9 Å². The summed E-state index contributed by atoms with van der Waals surface area (Å²) in [6.07, 6.45) is -1.11. The lowest BCUT2D eigenvalue weighted by Gasteiger charge is -2.17. The Balaban J connectivity index is 3.18. The maximum Gasteiger partial charge on any atom is 0.341 e. The third-order valence-corrected chi connectivity index (χ3v) is 2.58. The van der Waals surface area contributed by atoms with E-state index in [1.165, 1.54) is 19.1 Å². The van der Waals surface area contributed by atoms with E-state index >= 15 is 0 Å². The highest BCUT2D eigenvalue weighted by molar-refractivity contribution is 5.98. The molecule has 0 radical (unpaired) electrons. The maximum absolute atomic E-state index is 12.0. The van der Waals surface area contributed by atoms with Gasteiger partial charge in [0.2, 0.25) is 0 Å². The minimum atomic E-state index is -1.11. The van der Waals surface area contributed by atoms with Crippen LogP contribution in [0.25, 0.3) is 0 Å². The van der Waals surface area contributed by atoms with Crippen LogP contribution in [-0.4, -0.2) is 37.0 Å². The summed E-state index contributed by atoms with van der Waals surface area (Å²) in [5, 5.41) is 10.8. The van der Waals surface area contributed by atoms with Gasteiger partial charge in [0.15, 0.2) is 6.10 Å². The third kappa shape index (κ3) is 3.44. The molecule has 0 aliphatic heterocycles. The molecule has 1 atom stereocenters. The fourth-order valence-corrected chi connectivity index (χ4v) is 1.47. The minimum Gasteiger partial charge on any atom is -0.449 e. The van der Waals surface area contributed by atoms with Crippen LogP contribution in [0.2, 0.25) is 0 Å². The van der Waals surface area contributed by atoms with Crippen molar-refractivity contribution in [1.29, 1.82) is 0 Å². The van der Waals surface area contributed by atoms with E-state index in [0.29, 0.717) is 5.69 Å². The molecule has 0 aromatic heterocycles. The zero-order chi connectivity index (χ0) is 15.4. The van der Waals surface area contributed by atoms with Gasteiger partial charge in [-0.2, -0.15) is 0 Å². The number of benzene rings is 1. The van der Waals surface area contributed by atoms with Crippen molar-refractivity contribution >= 4 is 23.3 Å². The molecule has 0 heterocycles. The highest BCUT2D eigenvalue weighted by Crippen LogP contribution is 2.25. The van der Waals surface area contributed by atoms with Crippen LogP contribution in [-0.2, 0) is 9.53 Å². The van der Waals surface area contributed by atoms with Gasteiger partial charge < -0.3 is 15.4 Å². The van der Waals surface area contributed by atoms with E-state index in [9.17, 15) is 19.7 Å². The van der Waals surface area contributed by atoms with Gasteiger partial charge in [-0.1, -0.05) is 0 Å². The number of anilines is 1. The molecule has 1 aromatic rings. The molecule has 0 saturated carbocycles. The lowest BCUT2D eigenvalue weighted by Crippen LogP contribution is -2.31. The van der Waals surface area contributed by atoms with Crippen molar-refractivity contribution in [1.82, 2.24) is 0 Å². The molecule has 8 nitrogen and oxygen atoms in total. The third-order valence-electron chi connectivity index (χ3n) is 2.58. The van der Waals surface area contributed by atoms with Crippen molar-refractivity contribution in [3.8, 4) is 0 Å². The summed E-state index contributed by atoms with van der Waals surface area (Å²) in [5.74, 6) is -1.64. The van der Waals surface area contributed by atoms with Crippen molar-refractivity contribution in [2.24, 2.45) is 5.73 Å². The number of rotatable bonds is 5. The van der Waals surface area contributed by atoms with E-state index in [2.05, 4.69) is 0 Å². The quantitative estimate of drug-likeness (QED) is 0.482. The number of nitrogens with zero attached hydrogens (tertiary/aromatic N) is 2. The van der Waals surface area contributed by atoms with E-state index < -0.39 is 22.9 Å². The molecule has 0 spiro atoms. The highest BCUT2D eigenvalue weighted by Gasteiger charge is 2.22. The van der Waals surface area contributed by atoms with Gasteiger partial charge in [-0.3, -0.25) is 14.9 Å². The van der Waals surface area contributed by atoms with Crippen LogP contribution in [0.15, 0.2) is 18.2 Å². The standard InChI is InChI=1S/C12H15N3O5/c1-7(11(13)16)20-12(17)9-6-8(15(18)19)4-5-10(9)14(2)3/h4-7H,1-3H3,(H2,13,16)/t7-/m0/s1. The van der Waals surface area contributed by atoms with Crippen LogP contribution in [0.3, 0.4) is 0 Å². The minimum absolute atomic E-state index is 0.00250. The largest absolute Gasteiger partial charge is 0.449 e. The van der Waals surface area contributed by atoms with Crippen LogP contribution in [0.1, 0.15) is 17.3 Å². The second kappa shape index (κ2) is 6.00. The molecule has 0 aliphatic carbocycles. The Morgan fingerprint density at radius 2 is 2.00 bits per heavy atom. The molecular formula is C12H15N3O5. The molecule has 8 heteroatoms. The zero-order valence-electron chi connectivity index (χ0n) is 11.3. The van der Waals surface area contributed by atoms with Gasteiger partial charge in [-0.05, 0) is 13.0 Å². The summed E-state index contributed by atoms with van der Waals surface area (Å²) >= 11 is 0. The van der Waals surface area contributed by atoms with Crippen molar-refractivity contribution in [2.75, 3.05) is 19.0 Å². The molecule has 0 unspecified atom stereocenters. The van der Waals surface area contributed by atoms with Crippen molar-refractivity contribution in [3.63, 3.8) is 0 Å². The number of esters is 1. The number of non-ortho nitro benzene ring substituents is 1. The number of hydrogen-bond donors (Lipinski definition) is 1. The number of primary amides is 1. The Morgan fingerprint density at radius 1 is 1.40 bits per heavy atom. The maximum atomic E-state index is 12.0. The van der Waals surface area contributed by atoms with Gasteiger partial charge in [-0.25, -0.2) is 4.79 Å². The predicted octanol–water partition coefficient (Wildman–Crippen LogP) is 0.691. The molecule has 20 heavy (non-hydrogen) atoms. The van der Waals surface area contributed by atoms with Crippen LogP contribution < -0.4 is 10.6 Å². The molecule has 1 rings (SSSR count). The molecule has 2 N–H and O–H groups in total. The van der Waals surface area contributed by atoms with Crippen LogP contribution in [0.4, 0.5) is 11.4 Å². The number of nitro benzene ring substituents is 1. The zero-order valence-corrected chi connectivity index (χ0v) is 11.3. The fraction of sp³-hybridized carbons (Fsp3) is 0.333. The average Bonchev–Trinajstić information content (AvgIpc) is 2.37. The number of nitrogens with two attached hydrogens (primary N) is 1. The van der Waals surface area contributed by atoms with Crippen LogP contribution in [0, 0.1) is 10.1 Å². The van der Waals surface area contributed by atoms with Crippen LogP contribution >= 0.6 is 0 Å². The molecule has 1 aromatic carbocycles. The first-order chi connectivity index (χ1) is 9.23. The number of hydrogen-bond acceptors (Lipinski definition) is 6. The van der Waals surface area contributed by atoms with E-state index in [1.807, 2.05) is 0 Å². The molecule has 108 valence electrons. The summed E-state index contributed by atoms with van der Waals surface area (Å²) in [4.78, 5) is 34.6. The Hall–Kier alpha value is -2.64. The van der Waals surface area contributed by atoms with E-state index in [1.54, 1.807) is 19.0 Å². The van der Waals surface area contributed by atoms with E-state index in [4.69, 9.17) is 10.5 Å². The van der Waals surface area contributed by atoms with Gasteiger partial charge in [0.25, 0.3) is 11.6 Å². The number of carbonyl (C=O) groups excluding carboxylic acids is 2. The van der Waals surface area contributed by atoms with Crippen molar-refractivity contribution in [2.45, 2.75) is 13.0 Å². The average molecular weight is 281 g/mol. The molecule has 0 bridgehead atoms. The van der Waals surface area contributed by atoms with E-state index in [-0.39, 0.29) is 11.3 Å². The normalized spacial score (nSPS) is 11.6. The first kappa shape index (κ1) is 15.4. The predicted molar refractivity (Wildman–Crippen MR) is 71.5 cm³/mol. The molecule has 0 fully saturated rings. The van der Waals surface area contributed by atoms with Gasteiger partial charge >= 0.3 is 5.97 Å². The number of carbonyl (C=O) groups is 2. The molecule has 1 amide bonds. The lowest BCUT2D eigenvalue weighted by molar-refractivity contribution is -0.384. The number of amides is 1. The smallest absolute Gasteiger partial charge is 0.341 e. The van der Waals surface area contributed by atoms with Gasteiger partial charge in [0, 0.05) is 26.2 Å².